The Morgan fingerprint density at radius 3 is 2.64 bits per heavy atom. The van der Waals surface area contributed by atoms with Crippen LogP contribution in [0.3, 0.4) is 0 Å². The highest BCUT2D eigenvalue weighted by Gasteiger charge is 2.40. The number of aromatic nitrogens is 3. The number of carboxylic acid groups (broad SMARTS) is 1. The molecule has 0 radical (unpaired) electrons. The molecule has 0 aliphatic carbocycles. The second-order valence-electron chi connectivity index (χ2n) is 5.09. The number of nitrogens with one attached hydrogen (secondary N) is 1. The van der Waals surface area contributed by atoms with Gasteiger partial charge in [-0.1, -0.05) is 0 Å². The quantitative estimate of drug-likeness (QED) is 0.769. The summed E-state index contributed by atoms with van der Waals surface area (Å²) in [6, 6.07) is 0.0532. The Balaban J connectivity index is 2.34. The third kappa shape index (κ3) is 4.54. The largest absolute Gasteiger partial charge is 0.480 e. The molecule has 2 heterocycles. The van der Waals surface area contributed by atoms with Gasteiger partial charge in [0.1, 0.15) is 10.9 Å². The fourth-order valence-corrected chi connectivity index (χ4v) is 3.43. The molecule has 2 rings (SSSR count). The fraction of sp³-hybridized carbons (Fsp3) is 0.308. The summed E-state index contributed by atoms with van der Waals surface area (Å²) in [6.07, 6.45) is -1.70. The Bertz CT molecular complexity index is 879. The first kappa shape index (κ1) is 18.9. The van der Waals surface area contributed by atoms with E-state index in [9.17, 15) is 31.5 Å². The Labute approximate surface area is 140 Å². The Morgan fingerprint density at radius 2 is 2.12 bits per heavy atom. The molecule has 0 aliphatic heterocycles. The normalized spacial score (nSPS) is 13.6. The highest BCUT2D eigenvalue weighted by Crippen LogP contribution is 2.32. The number of sulfonamides is 1. The Kier molecular flexibility index (Phi) is 5.13. The van der Waals surface area contributed by atoms with Crippen LogP contribution in [0.25, 0.3) is 0 Å². The van der Waals surface area contributed by atoms with Gasteiger partial charge in [0.05, 0.1) is 6.20 Å². The molecule has 0 saturated heterocycles. The molecule has 0 saturated carbocycles. The minimum Gasteiger partial charge on any atom is -0.480 e. The molecule has 0 bridgehead atoms. The lowest BCUT2D eigenvalue weighted by Crippen LogP contribution is -2.42. The summed E-state index contributed by atoms with van der Waals surface area (Å²) in [7, 11) is -3.19. The monoisotopic (exact) mass is 378 g/mol. The molecule has 0 amide bonds. The molecule has 2 N–H and O–H groups in total. The number of halogens is 3. The van der Waals surface area contributed by atoms with Gasteiger partial charge in [-0.05, 0) is 17.7 Å². The first-order valence-corrected chi connectivity index (χ1v) is 8.24. The van der Waals surface area contributed by atoms with Gasteiger partial charge in [0.2, 0.25) is 10.0 Å². The van der Waals surface area contributed by atoms with Crippen LogP contribution in [0.5, 0.6) is 0 Å². The second-order valence-corrected chi connectivity index (χ2v) is 6.77. The van der Waals surface area contributed by atoms with E-state index in [1.54, 1.807) is 11.8 Å². The minimum absolute atomic E-state index is 0.288. The van der Waals surface area contributed by atoms with E-state index in [2.05, 4.69) is 10.1 Å². The van der Waals surface area contributed by atoms with Crippen LogP contribution < -0.4 is 4.72 Å². The van der Waals surface area contributed by atoms with Gasteiger partial charge in [0.15, 0.2) is 5.69 Å². The molecule has 0 fully saturated rings. The third-order valence-electron chi connectivity index (χ3n) is 3.12. The molecule has 8 nitrogen and oxygen atoms in total. The maximum Gasteiger partial charge on any atom is 0.434 e. The van der Waals surface area contributed by atoms with Crippen LogP contribution in [-0.4, -0.2) is 40.3 Å². The van der Waals surface area contributed by atoms with Gasteiger partial charge >= 0.3 is 12.1 Å². The molecule has 1 atom stereocenters. The average Bonchev–Trinajstić information content (AvgIpc) is 2.90. The molecular formula is C13H13F3N4O4S. The van der Waals surface area contributed by atoms with Gasteiger partial charge < -0.3 is 5.11 Å². The highest BCUT2D eigenvalue weighted by atomic mass is 32.2. The fourth-order valence-electron chi connectivity index (χ4n) is 2.06. The van der Waals surface area contributed by atoms with Crippen molar-refractivity contribution in [3.8, 4) is 0 Å². The number of pyridine rings is 1. The number of aliphatic carboxylic acids is 1. The summed E-state index contributed by atoms with van der Waals surface area (Å²) in [4.78, 5) is 13.2. The predicted octanol–water partition coefficient (Wildman–Crippen LogP) is 0.808. The Hall–Kier alpha value is -2.47. The van der Waals surface area contributed by atoms with Crippen LogP contribution in [0.15, 0.2) is 35.6 Å². The van der Waals surface area contributed by atoms with Crippen LogP contribution in [0.4, 0.5) is 13.2 Å². The Morgan fingerprint density at radius 1 is 1.44 bits per heavy atom. The number of carboxylic acids is 1. The van der Waals surface area contributed by atoms with E-state index < -0.39 is 38.8 Å². The van der Waals surface area contributed by atoms with Crippen LogP contribution in [0, 0.1) is 0 Å². The number of aryl methyl sites for hydroxylation is 1. The van der Waals surface area contributed by atoms with Crippen molar-refractivity contribution >= 4 is 16.0 Å². The van der Waals surface area contributed by atoms with Gasteiger partial charge in [-0.25, -0.2) is 8.42 Å². The van der Waals surface area contributed by atoms with Crippen molar-refractivity contribution in [2.45, 2.75) is 23.5 Å². The van der Waals surface area contributed by atoms with Crippen molar-refractivity contribution in [1.29, 1.82) is 0 Å². The molecule has 1 unspecified atom stereocenters. The SMILES string of the molecule is Cn1cc(CC(NS(=O)(=O)c2cccnc2C(F)(F)F)C(=O)O)cn1. The van der Waals surface area contributed by atoms with Crippen LogP contribution in [0.1, 0.15) is 11.3 Å². The van der Waals surface area contributed by atoms with E-state index in [1.807, 2.05) is 0 Å². The maximum atomic E-state index is 12.9. The molecule has 0 aromatic carbocycles. The zero-order valence-corrected chi connectivity index (χ0v) is 13.5. The standard InChI is InChI=1S/C13H13F3N4O4S/c1-20-7-8(6-18-20)5-9(12(21)22)19-25(23,24)10-3-2-4-17-11(10)13(14,15)16/h2-4,6-7,9,19H,5H2,1H3,(H,21,22). The summed E-state index contributed by atoms with van der Waals surface area (Å²) in [5, 5.41) is 13.0. The molecule has 136 valence electrons. The van der Waals surface area contributed by atoms with Crippen LogP contribution >= 0.6 is 0 Å². The lowest BCUT2D eigenvalue weighted by Gasteiger charge is -2.16. The van der Waals surface area contributed by atoms with E-state index in [4.69, 9.17) is 0 Å². The van der Waals surface area contributed by atoms with Crippen LogP contribution in [0.2, 0.25) is 0 Å². The first-order valence-electron chi connectivity index (χ1n) is 6.75. The van der Waals surface area contributed by atoms with E-state index in [-0.39, 0.29) is 6.42 Å². The number of nitrogens with zero attached hydrogens (tertiary/aromatic N) is 3. The van der Waals surface area contributed by atoms with Crippen molar-refractivity contribution in [3.63, 3.8) is 0 Å². The lowest BCUT2D eigenvalue weighted by atomic mass is 10.1. The number of hydrogen-bond acceptors (Lipinski definition) is 5. The molecular weight excluding hydrogens is 365 g/mol. The summed E-state index contributed by atoms with van der Waals surface area (Å²) >= 11 is 0. The smallest absolute Gasteiger partial charge is 0.434 e. The third-order valence-corrected chi connectivity index (χ3v) is 4.63. The van der Waals surface area contributed by atoms with E-state index >= 15 is 0 Å². The minimum atomic E-state index is -5.01. The summed E-state index contributed by atoms with van der Waals surface area (Å²) in [6.45, 7) is 0. The molecule has 2 aromatic heterocycles. The first-order chi connectivity index (χ1) is 11.5. The summed E-state index contributed by atoms with van der Waals surface area (Å²) in [5.41, 5.74) is -1.21. The van der Waals surface area contributed by atoms with Gasteiger partial charge in [-0.2, -0.15) is 23.0 Å². The van der Waals surface area contributed by atoms with Crippen LogP contribution in [-0.2, 0) is 34.5 Å². The number of rotatable bonds is 6. The van der Waals surface area contributed by atoms with E-state index in [0.29, 0.717) is 11.6 Å². The van der Waals surface area contributed by atoms with Crippen molar-refractivity contribution < 1.29 is 31.5 Å². The molecule has 25 heavy (non-hydrogen) atoms. The summed E-state index contributed by atoms with van der Waals surface area (Å²) < 4.78 is 66.5. The van der Waals surface area contributed by atoms with Gasteiger partial charge in [0, 0.05) is 25.9 Å². The molecule has 2 aromatic rings. The van der Waals surface area contributed by atoms with Crippen molar-refractivity contribution in [2.24, 2.45) is 7.05 Å². The molecule has 0 spiro atoms. The number of alkyl halides is 3. The number of carbonyl (C=O) groups is 1. The van der Waals surface area contributed by atoms with Crippen molar-refractivity contribution in [1.82, 2.24) is 19.5 Å². The van der Waals surface area contributed by atoms with Crippen molar-refractivity contribution in [3.05, 3.63) is 42.0 Å². The zero-order valence-electron chi connectivity index (χ0n) is 12.7. The average molecular weight is 378 g/mol. The number of hydrogen-bond donors (Lipinski definition) is 2. The maximum absolute atomic E-state index is 12.9. The predicted molar refractivity (Wildman–Crippen MR) is 77.9 cm³/mol. The second kappa shape index (κ2) is 6.80. The molecule has 0 aliphatic rings. The topological polar surface area (TPSA) is 114 Å². The van der Waals surface area contributed by atoms with Gasteiger partial charge in [-0.15, -0.1) is 0 Å². The van der Waals surface area contributed by atoms with Gasteiger partial charge in [0.25, 0.3) is 0 Å². The van der Waals surface area contributed by atoms with Crippen molar-refractivity contribution in [2.75, 3.05) is 0 Å². The van der Waals surface area contributed by atoms with E-state index in [1.165, 1.54) is 17.1 Å². The highest BCUT2D eigenvalue weighted by molar-refractivity contribution is 7.89. The lowest BCUT2D eigenvalue weighted by molar-refractivity contribution is -0.143. The van der Waals surface area contributed by atoms with E-state index in [0.717, 1.165) is 12.3 Å². The van der Waals surface area contributed by atoms with Gasteiger partial charge in [-0.3, -0.25) is 14.5 Å². The molecule has 12 heteroatoms. The summed E-state index contributed by atoms with van der Waals surface area (Å²) in [5.74, 6) is -1.54. The zero-order chi connectivity index (χ0) is 18.8.